The minimum Gasteiger partial charge on any atom is -0.489 e. The van der Waals surface area contributed by atoms with E-state index < -0.39 is 0 Å². The van der Waals surface area contributed by atoms with E-state index in [1.165, 1.54) is 6.07 Å². The van der Waals surface area contributed by atoms with Crippen molar-refractivity contribution in [3.8, 4) is 5.75 Å². The maximum atomic E-state index is 14.3. The summed E-state index contributed by atoms with van der Waals surface area (Å²) < 4.78 is 20.2. The molecule has 0 fully saturated rings. The Kier molecular flexibility index (Phi) is 7.26. The van der Waals surface area contributed by atoms with E-state index in [-0.39, 0.29) is 24.8 Å². The summed E-state index contributed by atoms with van der Waals surface area (Å²) in [6.07, 6.45) is 2.57. The molecule has 0 saturated carbocycles. The lowest BCUT2D eigenvalue weighted by Crippen LogP contribution is -2.31. The van der Waals surface area contributed by atoms with Gasteiger partial charge in [-0.15, -0.1) is 0 Å². The summed E-state index contributed by atoms with van der Waals surface area (Å²) in [7, 11) is 3.98. The Morgan fingerprint density at radius 2 is 1.88 bits per heavy atom. The fourth-order valence-electron chi connectivity index (χ4n) is 4.28. The predicted octanol–water partition coefficient (Wildman–Crippen LogP) is 4.73. The number of rotatable bonds is 9. The van der Waals surface area contributed by atoms with Crippen molar-refractivity contribution in [2.24, 2.45) is 0 Å². The number of carbonyl (C=O) groups excluding carboxylic acids is 2. The van der Waals surface area contributed by atoms with Gasteiger partial charge in [0, 0.05) is 44.4 Å². The van der Waals surface area contributed by atoms with Gasteiger partial charge in [-0.05, 0) is 47.7 Å². The van der Waals surface area contributed by atoms with Crippen molar-refractivity contribution in [2.45, 2.75) is 32.3 Å². The Morgan fingerprint density at radius 1 is 1.09 bits per heavy atom. The van der Waals surface area contributed by atoms with Gasteiger partial charge in [0.1, 0.15) is 24.5 Å². The number of aryl methyl sites for hydroxylation is 1. The number of hydrogen-bond donors (Lipinski definition) is 0. The largest absolute Gasteiger partial charge is 0.489 e. The monoisotopic (exact) mass is 460 g/mol. The van der Waals surface area contributed by atoms with Crippen molar-refractivity contribution in [1.82, 2.24) is 0 Å². The number of para-hydroxylation sites is 1. The smallest absolute Gasteiger partial charge is 0.231 e. The number of benzene rings is 3. The minimum absolute atomic E-state index is 0.0504. The third-order valence-electron chi connectivity index (χ3n) is 6.14. The number of carbonyl (C=O) groups is 2. The number of hydrogen-bond acceptors (Lipinski definition) is 4. The van der Waals surface area contributed by atoms with E-state index in [1.807, 2.05) is 66.4 Å². The second-order valence-electron chi connectivity index (χ2n) is 8.71. The lowest BCUT2D eigenvalue weighted by molar-refractivity contribution is -0.117. The van der Waals surface area contributed by atoms with Crippen LogP contribution in [0.25, 0.3) is 0 Å². The van der Waals surface area contributed by atoms with Crippen LogP contribution >= 0.6 is 0 Å². The molecule has 0 saturated heterocycles. The third-order valence-corrected chi connectivity index (χ3v) is 6.14. The summed E-state index contributed by atoms with van der Waals surface area (Å²) in [6, 6.07) is 18.7. The molecule has 34 heavy (non-hydrogen) atoms. The van der Waals surface area contributed by atoms with Crippen LogP contribution in [0.5, 0.6) is 5.75 Å². The van der Waals surface area contributed by atoms with Gasteiger partial charge in [0.2, 0.25) is 5.91 Å². The zero-order valence-corrected chi connectivity index (χ0v) is 19.6. The maximum Gasteiger partial charge on any atom is 0.231 e. The Hall–Kier alpha value is -3.67. The molecule has 0 radical (unpaired) electrons. The average molecular weight is 461 g/mol. The number of aldehydes is 1. The second-order valence-corrected chi connectivity index (χ2v) is 8.71. The van der Waals surface area contributed by atoms with Crippen LogP contribution in [0.3, 0.4) is 0 Å². The lowest BCUT2D eigenvalue weighted by atomic mass is 10.1. The Balaban J connectivity index is 1.46. The normalized spacial score (nSPS) is 12.4. The molecule has 0 aromatic heterocycles. The topological polar surface area (TPSA) is 49.9 Å². The van der Waals surface area contributed by atoms with Crippen molar-refractivity contribution in [2.75, 3.05) is 30.4 Å². The SMILES string of the molecule is CN(C)c1ccc(CC(=O)N2CCc3cccc(COc4ccc(CCC=O)c(F)c4)c32)cc1. The van der Waals surface area contributed by atoms with Crippen molar-refractivity contribution < 1.29 is 18.7 Å². The standard InChI is InChI=1S/C28H29FN2O3/c1-30(2)24-11-8-20(9-12-24)17-27(33)31-15-14-22-5-3-6-23(28(22)31)19-34-25-13-10-21(7-4-16-32)26(29)18-25/h3,5-6,8-13,16,18H,4,7,14-15,17,19H2,1-2H3. The van der Waals surface area contributed by atoms with E-state index in [9.17, 15) is 14.0 Å². The highest BCUT2D eigenvalue weighted by atomic mass is 19.1. The summed E-state index contributed by atoms with van der Waals surface area (Å²) in [5.74, 6) is 0.0888. The fraction of sp³-hybridized carbons (Fsp3) is 0.286. The molecule has 4 rings (SSSR count). The van der Waals surface area contributed by atoms with Crippen molar-refractivity contribution in [3.63, 3.8) is 0 Å². The van der Waals surface area contributed by atoms with E-state index in [2.05, 4.69) is 0 Å². The van der Waals surface area contributed by atoms with Crippen molar-refractivity contribution in [3.05, 3.63) is 88.7 Å². The number of anilines is 2. The number of amides is 1. The summed E-state index contributed by atoms with van der Waals surface area (Å²) in [5, 5.41) is 0. The minimum atomic E-state index is -0.380. The van der Waals surface area contributed by atoms with E-state index in [1.54, 1.807) is 12.1 Å². The van der Waals surface area contributed by atoms with E-state index in [0.717, 1.165) is 40.8 Å². The predicted molar refractivity (Wildman–Crippen MR) is 132 cm³/mol. The number of fused-ring (bicyclic) bond motifs is 1. The molecular weight excluding hydrogens is 431 g/mol. The first-order valence-electron chi connectivity index (χ1n) is 11.5. The molecule has 176 valence electrons. The van der Waals surface area contributed by atoms with E-state index in [4.69, 9.17) is 4.74 Å². The van der Waals surface area contributed by atoms with Gasteiger partial charge < -0.3 is 19.3 Å². The lowest BCUT2D eigenvalue weighted by Gasteiger charge is -2.21. The maximum absolute atomic E-state index is 14.3. The summed E-state index contributed by atoms with van der Waals surface area (Å²) >= 11 is 0. The fourth-order valence-corrected chi connectivity index (χ4v) is 4.28. The third kappa shape index (κ3) is 5.28. The molecule has 3 aromatic carbocycles. The molecule has 0 bridgehead atoms. The molecule has 0 N–H and O–H groups in total. The molecule has 0 atom stereocenters. The molecule has 1 aliphatic rings. The van der Waals surface area contributed by atoms with E-state index >= 15 is 0 Å². The van der Waals surface area contributed by atoms with Crippen LogP contribution in [-0.4, -0.2) is 32.8 Å². The summed E-state index contributed by atoms with van der Waals surface area (Å²) in [6.45, 7) is 0.874. The van der Waals surface area contributed by atoms with Gasteiger partial charge in [0.15, 0.2) is 0 Å². The number of ether oxygens (including phenoxy) is 1. The first-order valence-corrected chi connectivity index (χ1v) is 11.5. The highest BCUT2D eigenvalue weighted by Gasteiger charge is 2.27. The Labute approximate surface area is 199 Å². The molecule has 3 aromatic rings. The first-order chi connectivity index (χ1) is 16.5. The molecule has 0 aliphatic carbocycles. The highest BCUT2D eigenvalue weighted by molar-refractivity contribution is 5.97. The first kappa shape index (κ1) is 23.5. The molecule has 0 spiro atoms. The number of halogens is 1. The quantitative estimate of drug-likeness (QED) is 0.433. The van der Waals surface area contributed by atoms with Crippen molar-refractivity contribution >= 4 is 23.6 Å². The van der Waals surface area contributed by atoms with Gasteiger partial charge in [0.05, 0.1) is 12.1 Å². The van der Waals surface area contributed by atoms with Gasteiger partial charge in [-0.3, -0.25) is 4.79 Å². The van der Waals surface area contributed by atoms with Crippen molar-refractivity contribution in [1.29, 1.82) is 0 Å². The van der Waals surface area contributed by atoms with Gasteiger partial charge in [-0.1, -0.05) is 36.4 Å². The summed E-state index contributed by atoms with van der Waals surface area (Å²) in [4.78, 5) is 27.6. The van der Waals surface area contributed by atoms with Crippen LogP contribution in [0.2, 0.25) is 0 Å². The van der Waals surface area contributed by atoms with Gasteiger partial charge in [0.25, 0.3) is 0 Å². The average Bonchev–Trinajstić information content (AvgIpc) is 3.27. The second kappa shape index (κ2) is 10.5. The van der Waals surface area contributed by atoms with E-state index in [0.29, 0.717) is 30.7 Å². The summed E-state index contributed by atoms with van der Waals surface area (Å²) in [5.41, 5.74) is 5.48. The highest BCUT2D eigenvalue weighted by Crippen LogP contribution is 2.33. The zero-order valence-electron chi connectivity index (χ0n) is 19.6. The van der Waals surface area contributed by atoms with Crippen LogP contribution < -0.4 is 14.5 Å². The number of nitrogens with zero attached hydrogens (tertiary/aromatic N) is 2. The Bertz CT molecular complexity index is 1170. The van der Waals surface area contributed by atoms with Gasteiger partial charge in [-0.2, -0.15) is 0 Å². The zero-order chi connectivity index (χ0) is 24.1. The van der Waals surface area contributed by atoms with Crippen LogP contribution in [0, 0.1) is 5.82 Å². The molecule has 6 heteroatoms. The van der Waals surface area contributed by atoms with Gasteiger partial charge in [-0.25, -0.2) is 4.39 Å². The molecular formula is C28H29FN2O3. The molecule has 1 amide bonds. The van der Waals surface area contributed by atoms with Crippen LogP contribution in [-0.2, 0) is 35.5 Å². The molecule has 5 nitrogen and oxygen atoms in total. The van der Waals surface area contributed by atoms with Crippen LogP contribution in [0.4, 0.5) is 15.8 Å². The van der Waals surface area contributed by atoms with Crippen LogP contribution in [0.1, 0.15) is 28.7 Å². The van der Waals surface area contributed by atoms with Crippen LogP contribution in [0.15, 0.2) is 60.7 Å². The Morgan fingerprint density at radius 3 is 2.59 bits per heavy atom. The van der Waals surface area contributed by atoms with Gasteiger partial charge >= 0.3 is 0 Å². The molecule has 1 aliphatic heterocycles. The molecule has 1 heterocycles. The molecule has 0 unspecified atom stereocenters.